The molecular weight excluding hydrogens is 280 g/mol. The van der Waals surface area contributed by atoms with Gasteiger partial charge in [-0.15, -0.1) is 0 Å². The molecule has 0 unspecified atom stereocenters. The SMILES string of the molecule is O=C(CNc1ncnc2c1oc1ccccc12)NCC1CC1. The normalized spacial score (nSPS) is 14.4. The van der Waals surface area contributed by atoms with Gasteiger partial charge in [-0.25, -0.2) is 9.97 Å². The molecule has 2 aromatic heterocycles. The van der Waals surface area contributed by atoms with E-state index in [9.17, 15) is 4.79 Å². The van der Waals surface area contributed by atoms with Crippen molar-refractivity contribution in [2.75, 3.05) is 18.4 Å². The van der Waals surface area contributed by atoms with Crippen LogP contribution in [0.4, 0.5) is 5.82 Å². The highest BCUT2D eigenvalue weighted by molar-refractivity contribution is 6.05. The highest BCUT2D eigenvalue weighted by atomic mass is 16.3. The molecule has 6 nitrogen and oxygen atoms in total. The first kappa shape index (κ1) is 13.1. The first-order valence-electron chi connectivity index (χ1n) is 7.44. The van der Waals surface area contributed by atoms with E-state index < -0.39 is 0 Å². The van der Waals surface area contributed by atoms with Crippen molar-refractivity contribution in [3.8, 4) is 0 Å². The van der Waals surface area contributed by atoms with Crippen LogP contribution in [-0.4, -0.2) is 29.0 Å². The molecular formula is C16H16N4O2. The Labute approximate surface area is 126 Å². The summed E-state index contributed by atoms with van der Waals surface area (Å²) >= 11 is 0. The van der Waals surface area contributed by atoms with Crippen molar-refractivity contribution >= 4 is 33.8 Å². The van der Waals surface area contributed by atoms with E-state index in [1.807, 2.05) is 24.3 Å². The van der Waals surface area contributed by atoms with Gasteiger partial charge in [0.25, 0.3) is 0 Å². The van der Waals surface area contributed by atoms with Gasteiger partial charge in [0.05, 0.1) is 6.54 Å². The van der Waals surface area contributed by atoms with Crippen LogP contribution < -0.4 is 10.6 Å². The van der Waals surface area contributed by atoms with E-state index >= 15 is 0 Å². The average molecular weight is 296 g/mol. The second-order valence-electron chi connectivity index (χ2n) is 5.60. The summed E-state index contributed by atoms with van der Waals surface area (Å²) in [5.41, 5.74) is 2.10. The predicted molar refractivity (Wildman–Crippen MR) is 83.5 cm³/mol. The van der Waals surface area contributed by atoms with Crippen LogP contribution in [0, 0.1) is 5.92 Å². The van der Waals surface area contributed by atoms with Crippen LogP contribution in [-0.2, 0) is 4.79 Å². The van der Waals surface area contributed by atoms with Crippen LogP contribution >= 0.6 is 0 Å². The Morgan fingerprint density at radius 1 is 1.27 bits per heavy atom. The number of hydrogen-bond donors (Lipinski definition) is 2. The van der Waals surface area contributed by atoms with Crippen molar-refractivity contribution in [3.63, 3.8) is 0 Å². The van der Waals surface area contributed by atoms with Gasteiger partial charge in [-0.2, -0.15) is 0 Å². The average Bonchev–Trinajstić information content (AvgIpc) is 3.30. The lowest BCUT2D eigenvalue weighted by Gasteiger charge is -2.06. The number of fused-ring (bicyclic) bond motifs is 3. The fourth-order valence-electron chi connectivity index (χ4n) is 2.46. The minimum Gasteiger partial charge on any atom is -0.450 e. The van der Waals surface area contributed by atoms with Gasteiger partial charge in [0.2, 0.25) is 5.91 Å². The van der Waals surface area contributed by atoms with Gasteiger partial charge in [0.15, 0.2) is 11.4 Å². The molecule has 1 aromatic carbocycles. The molecule has 0 atom stereocenters. The van der Waals surface area contributed by atoms with Crippen molar-refractivity contribution in [2.24, 2.45) is 5.92 Å². The molecule has 1 aliphatic carbocycles. The summed E-state index contributed by atoms with van der Waals surface area (Å²) in [5, 5.41) is 6.90. The maximum atomic E-state index is 11.8. The number of benzene rings is 1. The maximum absolute atomic E-state index is 11.8. The molecule has 0 spiro atoms. The highest BCUT2D eigenvalue weighted by Gasteiger charge is 2.21. The van der Waals surface area contributed by atoms with Gasteiger partial charge in [-0.1, -0.05) is 12.1 Å². The van der Waals surface area contributed by atoms with Crippen LogP contribution in [0.5, 0.6) is 0 Å². The Kier molecular flexibility index (Phi) is 3.14. The molecule has 1 amide bonds. The number of aromatic nitrogens is 2. The Balaban J connectivity index is 1.54. The zero-order valence-corrected chi connectivity index (χ0v) is 12.0. The van der Waals surface area contributed by atoms with Gasteiger partial charge in [0, 0.05) is 11.9 Å². The molecule has 1 fully saturated rings. The first-order valence-corrected chi connectivity index (χ1v) is 7.44. The molecule has 2 heterocycles. The molecule has 6 heteroatoms. The number of nitrogens with one attached hydrogen (secondary N) is 2. The van der Waals surface area contributed by atoms with E-state index in [1.165, 1.54) is 19.2 Å². The van der Waals surface area contributed by atoms with Crippen molar-refractivity contribution < 1.29 is 9.21 Å². The van der Waals surface area contributed by atoms with Crippen molar-refractivity contribution in [1.82, 2.24) is 15.3 Å². The summed E-state index contributed by atoms with van der Waals surface area (Å²) < 4.78 is 5.80. The molecule has 1 saturated carbocycles. The molecule has 0 radical (unpaired) electrons. The van der Waals surface area contributed by atoms with Crippen LogP contribution in [0.2, 0.25) is 0 Å². The molecule has 2 N–H and O–H groups in total. The number of para-hydroxylation sites is 1. The fourth-order valence-corrected chi connectivity index (χ4v) is 2.46. The number of carbonyl (C=O) groups excluding carboxylic acids is 1. The van der Waals surface area contributed by atoms with Gasteiger partial charge >= 0.3 is 0 Å². The minimum absolute atomic E-state index is 0.0326. The van der Waals surface area contributed by atoms with E-state index in [-0.39, 0.29) is 12.5 Å². The van der Waals surface area contributed by atoms with Crippen molar-refractivity contribution in [2.45, 2.75) is 12.8 Å². The van der Waals surface area contributed by atoms with E-state index in [0.29, 0.717) is 17.3 Å². The second kappa shape index (κ2) is 5.29. The summed E-state index contributed by atoms with van der Waals surface area (Å²) in [5.74, 6) is 1.18. The van der Waals surface area contributed by atoms with Gasteiger partial charge < -0.3 is 15.1 Å². The summed E-state index contributed by atoms with van der Waals surface area (Å²) in [6.07, 6.45) is 3.92. The Morgan fingerprint density at radius 3 is 3.00 bits per heavy atom. The molecule has 1 aliphatic rings. The summed E-state index contributed by atoms with van der Waals surface area (Å²) in [4.78, 5) is 20.3. The first-order chi connectivity index (χ1) is 10.8. The van der Waals surface area contributed by atoms with Crippen LogP contribution in [0.15, 0.2) is 35.0 Å². The third-order valence-electron chi connectivity index (χ3n) is 3.86. The smallest absolute Gasteiger partial charge is 0.239 e. The van der Waals surface area contributed by atoms with E-state index in [4.69, 9.17) is 4.42 Å². The van der Waals surface area contributed by atoms with Crippen molar-refractivity contribution in [1.29, 1.82) is 0 Å². The van der Waals surface area contributed by atoms with E-state index in [1.54, 1.807) is 0 Å². The third kappa shape index (κ3) is 2.47. The number of rotatable bonds is 5. The Bertz CT molecular complexity index is 838. The number of amides is 1. The molecule has 4 rings (SSSR count). The number of carbonyl (C=O) groups is 1. The molecule has 3 aromatic rings. The lowest BCUT2D eigenvalue weighted by Crippen LogP contribution is -2.31. The molecule has 112 valence electrons. The minimum atomic E-state index is -0.0326. The standard InChI is InChI=1S/C16H16N4O2/c21-13(17-7-10-5-6-10)8-18-16-15-14(19-9-20-16)11-3-1-2-4-12(11)22-15/h1-4,9-10H,5-8H2,(H,17,21)(H,18,19,20). The van der Waals surface area contributed by atoms with Crippen molar-refractivity contribution in [3.05, 3.63) is 30.6 Å². The zero-order valence-electron chi connectivity index (χ0n) is 12.0. The largest absolute Gasteiger partial charge is 0.450 e. The van der Waals surface area contributed by atoms with E-state index in [0.717, 1.165) is 23.0 Å². The lowest BCUT2D eigenvalue weighted by molar-refractivity contribution is -0.119. The third-order valence-corrected chi connectivity index (χ3v) is 3.86. The monoisotopic (exact) mass is 296 g/mol. The predicted octanol–water partition coefficient (Wildman–Crippen LogP) is 2.31. The quantitative estimate of drug-likeness (QED) is 0.755. The topological polar surface area (TPSA) is 80.1 Å². The van der Waals surface area contributed by atoms with E-state index in [2.05, 4.69) is 20.6 Å². The summed E-state index contributed by atoms with van der Waals surface area (Å²) in [6.45, 7) is 0.945. The molecule has 0 bridgehead atoms. The highest BCUT2D eigenvalue weighted by Crippen LogP contribution is 2.30. The number of hydrogen-bond acceptors (Lipinski definition) is 5. The number of furan rings is 1. The second-order valence-corrected chi connectivity index (χ2v) is 5.60. The number of nitrogens with zero attached hydrogens (tertiary/aromatic N) is 2. The number of anilines is 1. The lowest BCUT2D eigenvalue weighted by atomic mass is 10.2. The molecule has 0 aliphatic heterocycles. The maximum Gasteiger partial charge on any atom is 0.239 e. The zero-order chi connectivity index (χ0) is 14.9. The van der Waals surface area contributed by atoms with Gasteiger partial charge in [-0.3, -0.25) is 4.79 Å². The summed E-state index contributed by atoms with van der Waals surface area (Å²) in [6, 6.07) is 7.71. The summed E-state index contributed by atoms with van der Waals surface area (Å²) in [7, 11) is 0. The van der Waals surface area contributed by atoms with Crippen LogP contribution in [0.1, 0.15) is 12.8 Å². The van der Waals surface area contributed by atoms with Gasteiger partial charge in [-0.05, 0) is 30.9 Å². The van der Waals surface area contributed by atoms with Crippen LogP contribution in [0.3, 0.4) is 0 Å². The fraction of sp³-hybridized carbons (Fsp3) is 0.312. The Hall–Kier alpha value is -2.63. The molecule has 0 saturated heterocycles. The van der Waals surface area contributed by atoms with Gasteiger partial charge in [0.1, 0.15) is 17.4 Å². The molecule has 22 heavy (non-hydrogen) atoms. The van der Waals surface area contributed by atoms with Crippen LogP contribution in [0.25, 0.3) is 22.1 Å². The Morgan fingerprint density at radius 2 is 2.14 bits per heavy atom.